The van der Waals surface area contributed by atoms with Crippen LogP contribution < -0.4 is 5.32 Å². The van der Waals surface area contributed by atoms with Gasteiger partial charge in [-0.3, -0.25) is 25.0 Å². The number of hydrogen-bond acceptors (Lipinski definition) is 7. The van der Waals surface area contributed by atoms with Crippen LogP contribution in [0.15, 0.2) is 42.5 Å². The quantitative estimate of drug-likeness (QED) is 0.474. The van der Waals surface area contributed by atoms with Gasteiger partial charge in [-0.05, 0) is 18.6 Å². The van der Waals surface area contributed by atoms with Crippen molar-refractivity contribution in [2.24, 2.45) is 0 Å². The lowest BCUT2D eigenvalue weighted by Crippen LogP contribution is -2.22. The van der Waals surface area contributed by atoms with E-state index >= 15 is 0 Å². The van der Waals surface area contributed by atoms with E-state index in [1.807, 2.05) is 0 Å². The van der Waals surface area contributed by atoms with Gasteiger partial charge in [0.15, 0.2) is 6.61 Å². The maximum absolute atomic E-state index is 11.9. The van der Waals surface area contributed by atoms with Gasteiger partial charge in [0.1, 0.15) is 5.69 Å². The van der Waals surface area contributed by atoms with E-state index in [9.17, 15) is 29.8 Å². The summed E-state index contributed by atoms with van der Waals surface area (Å²) >= 11 is 0. The van der Waals surface area contributed by atoms with Gasteiger partial charge in [0.2, 0.25) is 0 Å². The number of benzene rings is 2. The molecule has 0 bridgehead atoms. The van der Waals surface area contributed by atoms with Crippen molar-refractivity contribution in [1.82, 2.24) is 0 Å². The standard InChI is InChI=1S/C16H13N3O7/c1-10-4-2-7-13(19(24)25)15(10)17-14(20)9-26-16(21)11-5-3-6-12(8-11)18(22)23/h2-8H,9H2,1H3,(H,17,20). The van der Waals surface area contributed by atoms with Crippen LogP contribution in [-0.2, 0) is 9.53 Å². The summed E-state index contributed by atoms with van der Waals surface area (Å²) in [6, 6.07) is 9.14. The molecule has 2 aromatic carbocycles. The first-order valence-corrected chi connectivity index (χ1v) is 7.25. The maximum Gasteiger partial charge on any atom is 0.338 e. The van der Waals surface area contributed by atoms with E-state index in [4.69, 9.17) is 4.74 Å². The van der Waals surface area contributed by atoms with E-state index in [2.05, 4.69) is 5.32 Å². The van der Waals surface area contributed by atoms with Crippen LogP contribution in [-0.4, -0.2) is 28.3 Å². The second kappa shape index (κ2) is 7.83. The molecule has 0 saturated heterocycles. The molecule has 0 heterocycles. The Morgan fingerprint density at radius 3 is 2.42 bits per heavy atom. The SMILES string of the molecule is Cc1cccc([N+](=O)[O-])c1NC(=O)COC(=O)c1cccc([N+](=O)[O-])c1. The Morgan fingerprint density at radius 2 is 1.77 bits per heavy atom. The average molecular weight is 359 g/mol. The summed E-state index contributed by atoms with van der Waals surface area (Å²) in [5.74, 6) is -1.70. The average Bonchev–Trinajstić information content (AvgIpc) is 2.61. The van der Waals surface area contributed by atoms with Crippen LogP contribution >= 0.6 is 0 Å². The van der Waals surface area contributed by atoms with Gasteiger partial charge < -0.3 is 10.1 Å². The van der Waals surface area contributed by atoms with Crippen LogP contribution in [0.5, 0.6) is 0 Å². The number of nitro benzene ring substituents is 2. The molecule has 2 rings (SSSR count). The summed E-state index contributed by atoms with van der Waals surface area (Å²) < 4.78 is 4.79. The van der Waals surface area contributed by atoms with Gasteiger partial charge in [0.25, 0.3) is 17.3 Å². The monoisotopic (exact) mass is 359 g/mol. The summed E-state index contributed by atoms with van der Waals surface area (Å²) in [6.07, 6.45) is 0. The second-order valence-corrected chi connectivity index (χ2v) is 5.16. The highest BCUT2D eigenvalue weighted by molar-refractivity contribution is 5.97. The van der Waals surface area contributed by atoms with Crippen molar-refractivity contribution in [2.75, 3.05) is 11.9 Å². The highest BCUT2D eigenvalue weighted by Crippen LogP contribution is 2.27. The molecule has 0 fully saturated rings. The van der Waals surface area contributed by atoms with Gasteiger partial charge in [0.05, 0.1) is 15.4 Å². The van der Waals surface area contributed by atoms with Crippen molar-refractivity contribution < 1.29 is 24.2 Å². The van der Waals surface area contributed by atoms with Crippen LogP contribution in [0.1, 0.15) is 15.9 Å². The Kier molecular flexibility index (Phi) is 5.58. The van der Waals surface area contributed by atoms with Gasteiger partial charge in [-0.2, -0.15) is 0 Å². The molecule has 134 valence electrons. The number of carbonyl (C=O) groups is 2. The Morgan fingerprint density at radius 1 is 1.08 bits per heavy atom. The van der Waals surface area contributed by atoms with E-state index in [0.29, 0.717) is 5.56 Å². The molecule has 0 radical (unpaired) electrons. The van der Waals surface area contributed by atoms with Crippen LogP contribution in [0.2, 0.25) is 0 Å². The summed E-state index contributed by atoms with van der Waals surface area (Å²) in [6.45, 7) is 0.880. The van der Waals surface area contributed by atoms with Crippen LogP contribution in [0.25, 0.3) is 0 Å². The highest BCUT2D eigenvalue weighted by atomic mass is 16.6. The maximum atomic E-state index is 11.9. The van der Waals surface area contributed by atoms with E-state index in [-0.39, 0.29) is 22.6 Å². The lowest BCUT2D eigenvalue weighted by molar-refractivity contribution is -0.384. The lowest BCUT2D eigenvalue weighted by atomic mass is 10.1. The molecule has 10 nitrogen and oxygen atoms in total. The highest BCUT2D eigenvalue weighted by Gasteiger charge is 2.19. The normalized spacial score (nSPS) is 10.0. The zero-order valence-electron chi connectivity index (χ0n) is 13.5. The number of rotatable bonds is 6. The predicted molar refractivity (Wildman–Crippen MR) is 89.8 cm³/mol. The summed E-state index contributed by atoms with van der Waals surface area (Å²) in [5.41, 5.74) is -0.192. The van der Waals surface area contributed by atoms with Gasteiger partial charge in [-0.25, -0.2) is 4.79 Å². The molecule has 0 aliphatic rings. The number of nitrogens with one attached hydrogen (secondary N) is 1. The minimum atomic E-state index is -0.928. The number of para-hydroxylation sites is 1. The minimum absolute atomic E-state index is 0.00824. The zero-order chi connectivity index (χ0) is 19.3. The smallest absolute Gasteiger partial charge is 0.338 e. The van der Waals surface area contributed by atoms with E-state index in [1.165, 1.54) is 30.3 Å². The summed E-state index contributed by atoms with van der Waals surface area (Å²) in [5, 5.41) is 24.0. The van der Waals surface area contributed by atoms with E-state index < -0.39 is 28.3 Å². The number of non-ortho nitro benzene ring substituents is 1. The fourth-order valence-corrected chi connectivity index (χ4v) is 2.10. The molecule has 0 aromatic heterocycles. The number of esters is 1. The number of amides is 1. The Bertz CT molecular complexity index is 895. The first kappa shape index (κ1) is 18.5. The molecule has 10 heteroatoms. The van der Waals surface area contributed by atoms with Gasteiger partial charge in [-0.15, -0.1) is 0 Å². The molecule has 26 heavy (non-hydrogen) atoms. The molecule has 0 aliphatic carbocycles. The van der Waals surface area contributed by atoms with Crippen molar-refractivity contribution >= 4 is 28.9 Å². The number of nitro groups is 2. The second-order valence-electron chi connectivity index (χ2n) is 5.16. The lowest BCUT2D eigenvalue weighted by Gasteiger charge is -2.09. The summed E-state index contributed by atoms with van der Waals surface area (Å²) in [4.78, 5) is 44.2. The first-order chi connectivity index (χ1) is 12.3. The van der Waals surface area contributed by atoms with Crippen molar-refractivity contribution in [3.63, 3.8) is 0 Å². The van der Waals surface area contributed by atoms with Crippen LogP contribution in [0.4, 0.5) is 17.1 Å². The van der Waals surface area contributed by atoms with Gasteiger partial charge >= 0.3 is 5.97 Å². The Labute approximate surface area is 146 Å². The predicted octanol–water partition coefficient (Wildman–Crippen LogP) is 2.61. The molecule has 2 aromatic rings. The number of hydrogen-bond donors (Lipinski definition) is 1. The van der Waals surface area contributed by atoms with E-state index in [1.54, 1.807) is 13.0 Å². The Balaban J connectivity index is 2.04. The number of nitrogens with zero attached hydrogens (tertiary/aromatic N) is 2. The zero-order valence-corrected chi connectivity index (χ0v) is 13.5. The number of carbonyl (C=O) groups excluding carboxylic acids is 2. The topological polar surface area (TPSA) is 142 Å². The van der Waals surface area contributed by atoms with Crippen molar-refractivity contribution in [2.45, 2.75) is 6.92 Å². The van der Waals surface area contributed by atoms with Crippen LogP contribution in [0, 0.1) is 27.2 Å². The largest absolute Gasteiger partial charge is 0.452 e. The number of ether oxygens (including phenoxy) is 1. The molecular weight excluding hydrogens is 346 g/mol. The van der Waals surface area contributed by atoms with Gasteiger partial charge in [0, 0.05) is 18.2 Å². The third-order valence-electron chi connectivity index (χ3n) is 3.34. The molecular formula is C16H13N3O7. The molecule has 0 spiro atoms. The van der Waals surface area contributed by atoms with Crippen molar-refractivity contribution in [3.05, 3.63) is 73.8 Å². The van der Waals surface area contributed by atoms with Crippen molar-refractivity contribution in [1.29, 1.82) is 0 Å². The van der Waals surface area contributed by atoms with Crippen LogP contribution in [0.3, 0.4) is 0 Å². The minimum Gasteiger partial charge on any atom is -0.452 e. The molecule has 0 saturated carbocycles. The van der Waals surface area contributed by atoms with E-state index in [0.717, 1.165) is 6.07 Å². The third kappa shape index (κ3) is 4.38. The molecule has 0 aliphatic heterocycles. The molecule has 0 unspecified atom stereocenters. The fraction of sp³-hybridized carbons (Fsp3) is 0.125. The van der Waals surface area contributed by atoms with Gasteiger partial charge in [-0.1, -0.05) is 18.2 Å². The fourth-order valence-electron chi connectivity index (χ4n) is 2.10. The molecule has 0 atom stereocenters. The first-order valence-electron chi connectivity index (χ1n) is 7.25. The number of aryl methyl sites for hydroxylation is 1. The summed E-state index contributed by atoms with van der Waals surface area (Å²) in [7, 11) is 0. The Hall–Kier alpha value is -3.82. The van der Waals surface area contributed by atoms with Crippen molar-refractivity contribution in [3.8, 4) is 0 Å². The number of anilines is 1. The molecule has 1 N–H and O–H groups in total. The third-order valence-corrected chi connectivity index (χ3v) is 3.34. The molecule has 1 amide bonds.